The Bertz CT molecular complexity index is 845. The monoisotopic (exact) mass is 689 g/mol. The van der Waals surface area contributed by atoms with Crippen LogP contribution in [0.5, 0.6) is 0 Å². The van der Waals surface area contributed by atoms with Gasteiger partial charge in [-0.25, -0.2) is 0 Å². The highest BCUT2D eigenvalue weighted by atomic mass is 16.6. The van der Waals surface area contributed by atoms with Crippen molar-refractivity contribution in [3.63, 3.8) is 0 Å². The van der Waals surface area contributed by atoms with Crippen LogP contribution in [0.2, 0.25) is 0 Å². The van der Waals surface area contributed by atoms with E-state index in [4.69, 9.17) is 9.47 Å². The Balaban J connectivity index is 3.54. The minimum Gasteiger partial charge on any atom is -0.463 e. The molecule has 284 valence electrons. The van der Waals surface area contributed by atoms with Crippen LogP contribution in [0.1, 0.15) is 187 Å². The molecule has 0 saturated heterocycles. The molecule has 0 fully saturated rings. The van der Waals surface area contributed by atoms with Gasteiger partial charge in [0.1, 0.15) is 19.3 Å². The van der Waals surface area contributed by atoms with Crippen molar-refractivity contribution >= 4 is 11.9 Å². The summed E-state index contributed by atoms with van der Waals surface area (Å²) in [5, 5.41) is 19.8. The number of hydrogen-bond donors (Lipinski definition) is 2. The molecule has 0 amide bonds. The van der Waals surface area contributed by atoms with E-state index in [0.29, 0.717) is 19.3 Å². The van der Waals surface area contributed by atoms with Crippen LogP contribution < -0.4 is 0 Å². The van der Waals surface area contributed by atoms with E-state index in [2.05, 4.69) is 50.3 Å². The molecule has 6 nitrogen and oxygen atoms in total. The van der Waals surface area contributed by atoms with E-state index < -0.39 is 6.10 Å². The number of ether oxygens (including phenoxy) is 2. The third-order valence-electron chi connectivity index (χ3n) is 8.64. The van der Waals surface area contributed by atoms with Crippen LogP contribution in [0.4, 0.5) is 0 Å². The molecule has 0 radical (unpaired) electrons. The number of unbranched alkanes of at least 4 members (excludes halogenated alkanes) is 18. The number of esters is 2. The number of rotatable bonds is 36. The van der Waals surface area contributed by atoms with Crippen molar-refractivity contribution in [2.45, 2.75) is 199 Å². The molecule has 0 aromatic rings. The fraction of sp³-hybridized carbons (Fsp3) is 0.767. The smallest absolute Gasteiger partial charge is 0.305 e. The van der Waals surface area contributed by atoms with Crippen LogP contribution in [-0.4, -0.2) is 47.6 Å². The van der Waals surface area contributed by atoms with Gasteiger partial charge in [0.05, 0.1) is 6.10 Å². The molecule has 0 aliphatic rings. The van der Waals surface area contributed by atoms with Gasteiger partial charge in [0.15, 0.2) is 0 Å². The molecule has 0 aliphatic heterocycles. The molecule has 0 bridgehead atoms. The Morgan fingerprint density at radius 3 is 1.35 bits per heavy atom. The third-order valence-corrected chi connectivity index (χ3v) is 8.64. The summed E-state index contributed by atoms with van der Waals surface area (Å²) in [5.74, 6) is -0.647. The lowest BCUT2D eigenvalue weighted by Crippen LogP contribution is -2.25. The highest BCUT2D eigenvalue weighted by Crippen LogP contribution is 2.14. The molecule has 2 atom stereocenters. The predicted molar refractivity (Wildman–Crippen MR) is 206 cm³/mol. The van der Waals surface area contributed by atoms with Gasteiger partial charge >= 0.3 is 11.9 Å². The minimum absolute atomic E-state index is 0.141. The van der Waals surface area contributed by atoms with Gasteiger partial charge in [-0.1, -0.05) is 178 Å². The van der Waals surface area contributed by atoms with Crippen LogP contribution >= 0.6 is 0 Å². The Labute approximate surface area is 301 Å². The summed E-state index contributed by atoms with van der Waals surface area (Å²) < 4.78 is 10.3. The van der Waals surface area contributed by atoms with Crippen LogP contribution in [0.25, 0.3) is 0 Å². The number of aliphatic hydroxyl groups excluding tert-OH is 2. The summed E-state index contributed by atoms with van der Waals surface area (Å²) in [5.41, 5.74) is 0. The van der Waals surface area contributed by atoms with Crippen molar-refractivity contribution in [3.8, 4) is 0 Å². The molecule has 0 heterocycles. The Morgan fingerprint density at radius 1 is 0.490 bits per heavy atom. The number of carbonyl (C=O) groups is 2. The predicted octanol–water partition coefficient (Wildman–Crippen LogP) is 11.6. The van der Waals surface area contributed by atoms with Crippen LogP contribution in [0.15, 0.2) is 48.6 Å². The van der Waals surface area contributed by atoms with Gasteiger partial charge in [-0.15, -0.1) is 0 Å². The summed E-state index contributed by atoms with van der Waals surface area (Å²) in [6.45, 7) is 4.10. The summed E-state index contributed by atoms with van der Waals surface area (Å²) in [4.78, 5) is 23.9. The van der Waals surface area contributed by atoms with Crippen molar-refractivity contribution in [1.82, 2.24) is 0 Å². The average Bonchev–Trinajstić information content (AvgIpc) is 3.10. The molecule has 2 N–H and O–H groups in total. The van der Waals surface area contributed by atoms with E-state index >= 15 is 0 Å². The number of carbonyl (C=O) groups excluding carboxylic acids is 2. The van der Waals surface area contributed by atoms with Gasteiger partial charge in [-0.05, 0) is 44.9 Å². The number of aliphatic hydroxyl groups is 2. The largest absolute Gasteiger partial charge is 0.463 e. The standard InChI is InChI=1S/C43H76O6/c1-3-5-7-8-9-10-11-12-13-14-15-16-20-23-26-29-32-36-42(46)48-38-41(45)39-49-43(47)37-33-30-27-24-21-18-17-19-22-25-28-31-35-40(44)34-6-4-2/h17-18,22,24-25,27,31,35,40-41,44-45H,3-16,19-21,23,26,28-30,32-34,36-39H2,1-2H3/b18-17-,25-22-,27-24-,35-31-/t40-,41-/m0/s1. The van der Waals surface area contributed by atoms with E-state index in [0.717, 1.165) is 64.2 Å². The lowest BCUT2D eigenvalue weighted by Gasteiger charge is -2.12. The first kappa shape index (κ1) is 46.8. The van der Waals surface area contributed by atoms with Crippen molar-refractivity contribution in [3.05, 3.63) is 48.6 Å². The van der Waals surface area contributed by atoms with Crippen LogP contribution in [0, 0.1) is 0 Å². The summed E-state index contributed by atoms with van der Waals surface area (Å²) in [6, 6.07) is 0. The average molecular weight is 689 g/mol. The molecule has 49 heavy (non-hydrogen) atoms. The van der Waals surface area contributed by atoms with E-state index in [1.54, 1.807) is 0 Å². The van der Waals surface area contributed by atoms with Gasteiger partial charge < -0.3 is 19.7 Å². The van der Waals surface area contributed by atoms with Gasteiger partial charge in [-0.2, -0.15) is 0 Å². The highest BCUT2D eigenvalue weighted by molar-refractivity contribution is 5.69. The second-order valence-electron chi connectivity index (χ2n) is 13.6. The quantitative estimate of drug-likeness (QED) is 0.0387. The maximum atomic E-state index is 12.0. The lowest BCUT2D eigenvalue weighted by molar-refractivity contribution is -0.152. The van der Waals surface area contributed by atoms with Gasteiger partial charge in [0.2, 0.25) is 0 Å². The highest BCUT2D eigenvalue weighted by Gasteiger charge is 2.12. The first-order valence-electron chi connectivity index (χ1n) is 20.3. The van der Waals surface area contributed by atoms with E-state index in [-0.39, 0.29) is 31.3 Å². The fourth-order valence-corrected chi connectivity index (χ4v) is 5.51. The molecule has 0 spiro atoms. The normalized spacial score (nSPS) is 13.3. The summed E-state index contributed by atoms with van der Waals surface area (Å²) >= 11 is 0. The molecule has 0 rings (SSSR count). The van der Waals surface area contributed by atoms with E-state index in [9.17, 15) is 19.8 Å². The molecule has 0 unspecified atom stereocenters. The second kappa shape index (κ2) is 38.6. The molecule has 0 aliphatic carbocycles. The van der Waals surface area contributed by atoms with Crippen molar-refractivity contribution in [1.29, 1.82) is 0 Å². The molecule has 0 aromatic carbocycles. The van der Waals surface area contributed by atoms with Gasteiger partial charge in [-0.3, -0.25) is 9.59 Å². The number of allylic oxidation sites excluding steroid dienone is 7. The zero-order valence-electron chi connectivity index (χ0n) is 31.8. The lowest BCUT2D eigenvalue weighted by atomic mass is 10.0. The molecular weight excluding hydrogens is 612 g/mol. The van der Waals surface area contributed by atoms with Crippen molar-refractivity contribution < 1.29 is 29.3 Å². The maximum absolute atomic E-state index is 12.0. The number of hydrogen-bond acceptors (Lipinski definition) is 6. The fourth-order valence-electron chi connectivity index (χ4n) is 5.51. The Kier molecular flexibility index (Phi) is 36.9. The first-order valence-corrected chi connectivity index (χ1v) is 20.3. The topological polar surface area (TPSA) is 93.1 Å². The maximum Gasteiger partial charge on any atom is 0.305 e. The van der Waals surface area contributed by atoms with Crippen molar-refractivity contribution in [2.75, 3.05) is 13.2 Å². The molecule has 0 saturated carbocycles. The molecule has 0 aromatic heterocycles. The summed E-state index contributed by atoms with van der Waals surface area (Å²) in [7, 11) is 0. The minimum atomic E-state index is -0.995. The zero-order chi connectivity index (χ0) is 35.9. The summed E-state index contributed by atoms with van der Waals surface area (Å²) in [6.07, 6.45) is 45.1. The Morgan fingerprint density at radius 2 is 0.878 bits per heavy atom. The molecule has 6 heteroatoms. The second-order valence-corrected chi connectivity index (χ2v) is 13.6. The first-order chi connectivity index (χ1) is 24.0. The van der Waals surface area contributed by atoms with E-state index in [1.807, 2.05) is 12.2 Å². The van der Waals surface area contributed by atoms with Gasteiger partial charge in [0, 0.05) is 12.8 Å². The van der Waals surface area contributed by atoms with Crippen molar-refractivity contribution in [2.24, 2.45) is 0 Å². The zero-order valence-corrected chi connectivity index (χ0v) is 31.8. The SMILES string of the molecule is CCCCCCCCCCCCCCCCCCCC(=O)OC[C@H](O)COC(=O)CCC/C=C\C/C=C\C/C=C\C/C=C\[C@@H](O)CCCC. The van der Waals surface area contributed by atoms with Gasteiger partial charge in [0.25, 0.3) is 0 Å². The third kappa shape index (κ3) is 38.5. The molecular formula is C43H76O6. The van der Waals surface area contributed by atoms with Crippen LogP contribution in [-0.2, 0) is 19.1 Å². The van der Waals surface area contributed by atoms with Crippen LogP contribution in [0.3, 0.4) is 0 Å². The Hall–Kier alpha value is -2.18. The van der Waals surface area contributed by atoms with E-state index in [1.165, 1.54) is 89.9 Å².